The Hall–Kier alpha value is -4.73. The van der Waals surface area contributed by atoms with E-state index in [1.54, 1.807) is 17.0 Å². The molecule has 6 rings (SSSR count). The summed E-state index contributed by atoms with van der Waals surface area (Å²) in [5.74, 6) is -0.862. The number of benzene rings is 2. The molecule has 0 radical (unpaired) electrons. The molecule has 2 aromatic carbocycles. The molecule has 2 aromatic heterocycles. The predicted octanol–water partition coefficient (Wildman–Crippen LogP) is 0.635. The van der Waals surface area contributed by atoms with Crippen molar-refractivity contribution in [2.45, 2.75) is 29.7 Å². The molecule has 0 unspecified atom stereocenters. The van der Waals surface area contributed by atoms with Crippen LogP contribution in [0.5, 0.6) is 0 Å². The number of quaternary nitrogens is 1. The minimum atomic E-state index is -3.71. The van der Waals surface area contributed by atoms with Gasteiger partial charge < -0.3 is 26.7 Å². The van der Waals surface area contributed by atoms with E-state index in [0.29, 0.717) is 51.0 Å². The van der Waals surface area contributed by atoms with Crippen molar-refractivity contribution < 1.29 is 22.7 Å². The molecular weight excluding hydrogens is 620 g/mol. The molecule has 14 nitrogen and oxygen atoms in total. The van der Waals surface area contributed by atoms with Gasteiger partial charge in [-0.2, -0.15) is 8.42 Å². The van der Waals surface area contributed by atoms with Crippen LogP contribution in [-0.2, 0) is 16.4 Å². The first kappa shape index (κ1) is 30.3. The third kappa shape index (κ3) is 6.27. The summed E-state index contributed by atoms with van der Waals surface area (Å²) in [6.45, 7) is 1.57. The van der Waals surface area contributed by atoms with Crippen LogP contribution in [0.3, 0.4) is 0 Å². The van der Waals surface area contributed by atoms with Gasteiger partial charge in [0.15, 0.2) is 28.4 Å². The van der Waals surface area contributed by atoms with Gasteiger partial charge in [-0.05, 0) is 42.7 Å². The molecule has 1 spiro atoms. The maximum atomic E-state index is 13.4. The lowest BCUT2D eigenvalue weighted by molar-refractivity contribution is -0.495. The number of para-hydroxylation sites is 1. The van der Waals surface area contributed by atoms with Crippen LogP contribution in [0.1, 0.15) is 39.3 Å². The molecule has 0 saturated carbocycles. The van der Waals surface area contributed by atoms with E-state index in [-0.39, 0.29) is 39.2 Å². The van der Waals surface area contributed by atoms with Crippen molar-refractivity contribution in [2.24, 2.45) is 4.99 Å². The van der Waals surface area contributed by atoms with Gasteiger partial charge in [0.1, 0.15) is 4.90 Å². The van der Waals surface area contributed by atoms with Crippen molar-refractivity contribution in [1.29, 1.82) is 0 Å². The van der Waals surface area contributed by atoms with Gasteiger partial charge in [-0.1, -0.05) is 35.9 Å². The van der Waals surface area contributed by atoms with E-state index in [1.165, 1.54) is 16.9 Å². The molecule has 0 bridgehead atoms. The molecule has 4 aromatic rings. The van der Waals surface area contributed by atoms with Crippen molar-refractivity contribution in [3.05, 3.63) is 76.7 Å². The summed E-state index contributed by atoms with van der Waals surface area (Å²) in [6.07, 6.45) is 3.60. The minimum absolute atomic E-state index is 0.0775. The molecule has 1 saturated heterocycles. The average molecular weight is 652 g/mol. The summed E-state index contributed by atoms with van der Waals surface area (Å²) >= 11 is 5.89. The van der Waals surface area contributed by atoms with E-state index < -0.39 is 21.5 Å². The number of aromatic nitrogens is 3. The highest BCUT2D eigenvalue weighted by Crippen LogP contribution is 2.27. The van der Waals surface area contributed by atoms with Gasteiger partial charge in [-0.3, -0.25) is 19.9 Å². The topological polar surface area (TPSA) is 218 Å². The number of hydrogen-bond acceptors (Lipinski definition) is 10. The number of rotatable bonds is 7. The number of hydrogen-bond donors (Lipinski definition) is 6. The van der Waals surface area contributed by atoms with Crippen molar-refractivity contribution in [2.75, 3.05) is 37.6 Å². The van der Waals surface area contributed by atoms with Crippen LogP contribution in [-0.4, -0.2) is 77.8 Å². The maximum Gasteiger partial charge on any atom is 0.324 e. The number of anilines is 2. The fraction of sp³-hybridized carbons (Fsp3) is 0.276. The molecule has 16 heteroatoms. The lowest BCUT2D eigenvalue weighted by Gasteiger charge is -2.39. The lowest BCUT2D eigenvalue weighted by atomic mass is 9.88. The Labute approximate surface area is 263 Å². The first-order valence-electron chi connectivity index (χ1n) is 14.3. The van der Waals surface area contributed by atoms with E-state index in [0.717, 1.165) is 16.5 Å². The Kier molecular flexibility index (Phi) is 8.07. The summed E-state index contributed by atoms with van der Waals surface area (Å²) in [5, 5.41) is 6.85. The Bertz CT molecular complexity index is 1940. The Morgan fingerprint density at radius 3 is 2.64 bits per heavy atom. The van der Waals surface area contributed by atoms with Crippen molar-refractivity contribution in [3.63, 3.8) is 0 Å². The molecule has 4 heterocycles. The summed E-state index contributed by atoms with van der Waals surface area (Å²) in [4.78, 5) is 43.2. The van der Waals surface area contributed by atoms with E-state index >= 15 is 0 Å². The predicted molar refractivity (Wildman–Crippen MR) is 169 cm³/mol. The number of nitrogens with zero attached hydrogens (tertiary/aromatic N) is 4. The number of carbonyl (C=O) groups is 2. The normalized spacial score (nSPS) is 16.0. The van der Waals surface area contributed by atoms with Crippen LogP contribution in [0.2, 0.25) is 5.15 Å². The zero-order chi connectivity index (χ0) is 31.8. The third-order valence-electron chi connectivity index (χ3n) is 8.12. The number of aromatic amines is 1. The number of guanidine groups is 1. The quantitative estimate of drug-likeness (QED) is 0.165. The second kappa shape index (κ2) is 12.0. The summed E-state index contributed by atoms with van der Waals surface area (Å²) in [7, 11) is -3.71. The Morgan fingerprint density at radius 2 is 1.84 bits per heavy atom. The van der Waals surface area contributed by atoms with E-state index in [9.17, 15) is 18.0 Å². The SMILES string of the molecule is Nc1nc(N)c(C(=O)NC2=NCC3(CCN(C(=O)c4cccc(S(=O)(=O)[NH2+]CCc5c[nH]c6ccccc56)c4)CC3)N2)nc1Cl. The summed E-state index contributed by atoms with van der Waals surface area (Å²) < 4.78 is 27.6. The smallest absolute Gasteiger partial charge is 0.324 e. The monoisotopic (exact) mass is 651 g/mol. The summed E-state index contributed by atoms with van der Waals surface area (Å²) in [5.41, 5.74) is 13.1. The number of fused-ring (bicyclic) bond motifs is 1. The molecule has 45 heavy (non-hydrogen) atoms. The number of halogens is 1. The second-order valence-corrected chi connectivity index (χ2v) is 13.3. The van der Waals surface area contributed by atoms with E-state index in [4.69, 9.17) is 23.1 Å². The van der Waals surface area contributed by atoms with Gasteiger partial charge in [0.05, 0.1) is 18.6 Å². The number of nitrogens with two attached hydrogens (primary N) is 3. The van der Waals surface area contributed by atoms with E-state index in [2.05, 4.69) is 30.6 Å². The molecule has 0 aliphatic carbocycles. The number of H-pyrrole nitrogens is 1. The fourth-order valence-electron chi connectivity index (χ4n) is 5.62. The first-order valence-corrected chi connectivity index (χ1v) is 16.2. The van der Waals surface area contributed by atoms with Crippen LogP contribution in [0.4, 0.5) is 11.6 Å². The molecule has 1 fully saturated rings. The number of likely N-dealkylation sites (tertiary alicyclic amines) is 1. The molecule has 2 aliphatic heterocycles. The van der Waals surface area contributed by atoms with Crippen molar-refractivity contribution >= 4 is 61.9 Å². The molecule has 234 valence electrons. The minimum Gasteiger partial charge on any atom is -0.382 e. The molecule has 2 aliphatic rings. The van der Waals surface area contributed by atoms with Crippen LogP contribution < -0.4 is 26.8 Å². The average Bonchev–Trinajstić information content (AvgIpc) is 3.62. The largest absolute Gasteiger partial charge is 0.382 e. The maximum absolute atomic E-state index is 13.4. The number of nitrogen functional groups attached to an aromatic ring is 2. The number of aliphatic imine (C=N–C) groups is 1. The van der Waals surface area contributed by atoms with Gasteiger partial charge in [0.2, 0.25) is 0 Å². The summed E-state index contributed by atoms with van der Waals surface area (Å²) in [6, 6.07) is 14.0. The van der Waals surface area contributed by atoms with Gasteiger partial charge in [0.25, 0.3) is 11.8 Å². The zero-order valence-electron chi connectivity index (χ0n) is 24.1. The number of piperidine rings is 1. The van der Waals surface area contributed by atoms with Gasteiger partial charge >= 0.3 is 10.0 Å². The van der Waals surface area contributed by atoms with Crippen molar-refractivity contribution in [1.82, 2.24) is 30.5 Å². The Morgan fingerprint density at radius 1 is 1.07 bits per heavy atom. The second-order valence-electron chi connectivity index (χ2n) is 11.1. The van der Waals surface area contributed by atoms with Gasteiger partial charge in [0, 0.05) is 42.2 Å². The standard InChI is InChI=1S/C29H31ClN10O4S/c30-23-25(32)37-24(31)22(36-23)26(41)38-28-34-16-29(39-28)9-12-40(13-10-29)27(42)17-4-3-5-19(14-17)45(43,44)35-11-8-18-15-33-21-7-2-1-6-20(18)21/h1-7,14-15,33,35H,8-13,16H2,(H4,31,32,37)(H2,34,38,39,41)/p+1. The number of carbonyl (C=O) groups excluding carboxylic acids is 2. The molecular formula is C29H32ClN10O4S+. The number of amides is 2. The number of primary sulfonamides is 1. The highest BCUT2D eigenvalue weighted by Gasteiger charge is 2.40. The first-order chi connectivity index (χ1) is 21.5. The number of nitrogens with one attached hydrogen (secondary N) is 3. The van der Waals surface area contributed by atoms with Crippen LogP contribution in [0.25, 0.3) is 10.9 Å². The highest BCUT2D eigenvalue weighted by molar-refractivity contribution is 7.84. The molecule has 2 amide bonds. The van der Waals surface area contributed by atoms with Crippen LogP contribution in [0, 0.1) is 0 Å². The Balaban J connectivity index is 1.03. The lowest BCUT2D eigenvalue weighted by Crippen LogP contribution is -2.87. The van der Waals surface area contributed by atoms with Crippen molar-refractivity contribution in [3.8, 4) is 0 Å². The molecule has 9 N–H and O–H groups in total. The van der Waals surface area contributed by atoms with Gasteiger partial charge in [-0.15, -0.1) is 0 Å². The fourth-order valence-corrected chi connectivity index (χ4v) is 6.93. The van der Waals surface area contributed by atoms with E-state index in [1.807, 2.05) is 30.5 Å². The van der Waals surface area contributed by atoms with Gasteiger partial charge in [-0.25, -0.2) is 14.7 Å². The third-order valence-corrected chi connectivity index (χ3v) is 9.98. The van der Waals surface area contributed by atoms with Crippen LogP contribution in [0.15, 0.2) is 64.6 Å². The molecule has 0 atom stereocenters. The van der Waals surface area contributed by atoms with Crippen LogP contribution >= 0.6 is 11.6 Å². The number of sulfonamides is 1. The highest BCUT2D eigenvalue weighted by atomic mass is 35.5. The zero-order valence-corrected chi connectivity index (χ0v) is 25.7.